The van der Waals surface area contributed by atoms with E-state index in [0.29, 0.717) is 16.8 Å². The summed E-state index contributed by atoms with van der Waals surface area (Å²) in [5, 5.41) is 5.52. The molecule has 0 bridgehead atoms. The number of nitrogens with zero attached hydrogens (tertiary/aromatic N) is 2. The van der Waals surface area contributed by atoms with Gasteiger partial charge in [0, 0.05) is 12.4 Å². The van der Waals surface area contributed by atoms with E-state index in [1.807, 2.05) is 36.0 Å². The number of benzene rings is 2. The van der Waals surface area contributed by atoms with E-state index in [1.165, 1.54) is 12.1 Å². The topological polar surface area (TPSA) is 27.1 Å². The summed E-state index contributed by atoms with van der Waals surface area (Å²) in [6.07, 6.45) is 0. The van der Waals surface area contributed by atoms with Crippen molar-refractivity contribution in [3.63, 3.8) is 0 Å². The van der Waals surface area contributed by atoms with Crippen LogP contribution >= 0.6 is 15.9 Å². The molecule has 0 unspecified atom stereocenters. The molecule has 20 heavy (non-hydrogen) atoms. The average Bonchev–Trinajstić information content (AvgIpc) is 2.75. The predicted molar refractivity (Wildman–Crippen MR) is 79.1 cm³/mol. The van der Waals surface area contributed by atoms with Crippen LogP contribution in [0.4, 0.5) is 4.39 Å². The van der Waals surface area contributed by atoms with Gasteiger partial charge in [-0.05, 0) is 40.2 Å². The zero-order valence-electron chi connectivity index (χ0n) is 10.8. The molecule has 1 aromatic heterocycles. The van der Waals surface area contributed by atoms with E-state index in [4.69, 9.17) is 4.74 Å². The molecule has 3 rings (SSSR count). The van der Waals surface area contributed by atoms with Crippen molar-refractivity contribution in [2.45, 2.75) is 6.61 Å². The molecule has 2 aromatic carbocycles. The molecule has 0 aliphatic heterocycles. The van der Waals surface area contributed by atoms with Gasteiger partial charge in [0.15, 0.2) is 0 Å². The molecule has 0 fully saturated rings. The lowest BCUT2D eigenvalue weighted by Gasteiger charge is -2.06. The maximum absolute atomic E-state index is 13.0. The summed E-state index contributed by atoms with van der Waals surface area (Å²) in [5.74, 6) is 0.300. The highest BCUT2D eigenvalue weighted by atomic mass is 79.9. The molecule has 102 valence electrons. The minimum Gasteiger partial charge on any atom is -0.486 e. The van der Waals surface area contributed by atoms with E-state index in [9.17, 15) is 4.39 Å². The number of halogens is 2. The fourth-order valence-corrected chi connectivity index (χ4v) is 2.60. The Kier molecular flexibility index (Phi) is 3.44. The highest BCUT2D eigenvalue weighted by molar-refractivity contribution is 9.10. The Labute approximate surface area is 124 Å². The molecule has 0 saturated heterocycles. The van der Waals surface area contributed by atoms with Gasteiger partial charge in [0.05, 0.1) is 9.99 Å². The van der Waals surface area contributed by atoms with E-state index in [0.717, 1.165) is 16.6 Å². The number of aromatic nitrogens is 2. The minimum atomic E-state index is -0.299. The van der Waals surface area contributed by atoms with E-state index < -0.39 is 0 Å². The Balaban J connectivity index is 1.87. The summed E-state index contributed by atoms with van der Waals surface area (Å²) in [6.45, 7) is 0.339. The molecule has 0 amide bonds. The zero-order chi connectivity index (χ0) is 14.1. The number of ether oxygens (including phenoxy) is 1. The van der Waals surface area contributed by atoms with Crippen molar-refractivity contribution in [2.24, 2.45) is 7.05 Å². The van der Waals surface area contributed by atoms with Crippen molar-refractivity contribution in [3.05, 3.63) is 58.4 Å². The van der Waals surface area contributed by atoms with Crippen LogP contribution < -0.4 is 4.74 Å². The van der Waals surface area contributed by atoms with E-state index in [-0.39, 0.29) is 5.82 Å². The first-order chi connectivity index (χ1) is 9.65. The summed E-state index contributed by atoms with van der Waals surface area (Å²) in [7, 11) is 1.90. The first kappa shape index (κ1) is 13.1. The Morgan fingerprint density at radius 1 is 1.25 bits per heavy atom. The first-order valence-corrected chi connectivity index (χ1v) is 6.93. The zero-order valence-corrected chi connectivity index (χ0v) is 12.4. The van der Waals surface area contributed by atoms with Gasteiger partial charge in [-0.25, -0.2) is 4.39 Å². The van der Waals surface area contributed by atoms with Gasteiger partial charge < -0.3 is 4.74 Å². The smallest absolute Gasteiger partial charge is 0.134 e. The largest absolute Gasteiger partial charge is 0.486 e. The van der Waals surface area contributed by atoms with Crippen LogP contribution in [0.3, 0.4) is 0 Å². The van der Waals surface area contributed by atoms with Crippen LogP contribution in [0.15, 0.2) is 46.9 Å². The Morgan fingerprint density at radius 2 is 2.05 bits per heavy atom. The van der Waals surface area contributed by atoms with Gasteiger partial charge in [-0.1, -0.05) is 18.2 Å². The molecular weight excluding hydrogens is 323 g/mol. The second kappa shape index (κ2) is 5.25. The van der Waals surface area contributed by atoms with Crippen LogP contribution in [0.25, 0.3) is 10.9 Å². The van der Waals surface area contributed by atoms with Gasteiger partial charge in [-0.15, -0.1) is 0 Å². The molecule has 0 atom stereocenters. The normalized spacial score (nSPS) is 10.9. The van der Waals surface area contributed by atoms with Gasteiger partial charge in [0.1, 0.15) is 23.9 Å². The lowest BCUT2D eigenvalue weighted by atomic mass is 10.2. The maximum atomic E-state index is 13.0. The van der Waals surface area contributed by atoms with Crippen molar-refractivity contribution in [1.29, 1.82) is 0 Å². The second-order valence-electron chi connectivity index (χ2n) is 4.45. The molecule has 0 aliphatic rings. The van der Waals surface area contributed by atoms with Gasteiger partial charge in [0.2, 0.25) is 0 Å². The summed E-state index contributed by atoms with van der Waals surface area (Å²) < 4.78 is 21.2. The van der Waals surface area contributed by atoms with E-state index in [2.05, 4.69) is 21.0 Å². The van der Waals surface area contributed by atoms with Crippen LogP contribution in [0.5, 0.6) is 5.75 Å². The summed E-state index contributed by atoms with van der Waals surface area (Å²) in [6, 6.07) is 12.3. The fraction of sp³-hybridized carbons (Fsp3) is 0.133. The van der Waals surface area contributed by atoms with Crippen molar-refractivity contribution >= 4 is 26.8 Å². The quantitative estimate of drug-likeness (QED) is 0.722. The third kappa shape index (κ3) is 2.41. The van der Waals surface area contributed by atoms with Crippen LogP contribution in [-0.4, -0.2) is 9.78 Å². The van der Waals surface area contributed by atoms with Gasteiger partial charge >= 0.3 is 0 Å². The Bertz CT molecular complexity index is 770. The van der Waals surface area contributed by atoms with Crippen LogP contribution in [0.2, 0.25) is 0 Å². The Hall–Kier alpha value is -1.88. The van der Waals surface area contributed by atoms with Gasteiger partial charge in [-0.2, -0.15) is 5.10 Å². The number of hydrogen-bond acceptors (Lipinski definition) is 2. The number of rotatable bonds is 3. The van der Waals surface area contributed by atoms with Crippen molar-refractivity contribution in [1.82, 2.24) is 9.78 Å². The number of hydrogen-bond donors (Lipinski definition) is 0. The molecule has 1 heterocycles. The van der Waals surface area contributed by atoms with Crippen molar-refractivity contribution in [3.8, 4) is 5.75 Å². The van der Waals surface area contributed by atoms with Gasteiger partial charge in [0.25, 0.3) is 0 Å². The molecule has 3 aromatic rings. The van der Waals surface area contributed by atoms with E-state index in [1.54, 1.807) is 6.07 Å². The fourth-order valence-electron chi connectivity index (χ4n) is 2.13. The maximum Gasteiger partial charge on any atom is 0.134 e. The average molecular weight is 335 g/mol. The first-order valence-electron chi connectivity index (χ1n) is 6.13. The summed E-state index contributed by atoms with van der Waals surface area (Å²) in [5.41, 5.74) is 1.92. The summed E-state index contributed by atoms with van der Waals surface area (Å²) >= 11 is 3.28. The van der Waals surface area contributed by atoms with E-state index >= 15 is 0 Å². The molecule has 0 N–H and O–H groups in total. The SMILES string of the molecule is Cn1nc(COc2ccc(F)cc2Br)c2ccccc21. The lowest BCUT2D eigenvalue weighted by molar-refractivity contribution is 0.299. The molecule has 0 radical (unpaired) electrons. The minimum absolute atomic E-state index is 0.299. The standard InChI is InChI=1S/C15H12BrFN2O/c1-19-14-5-3-2-4-11(14)13(18-19)9-20-15-7-6-10(17)8-12(15)16/h2-8H,9H2,1H3. The highest BCUT2D eigenvalue weighted by Gasteiger charge is 2.09. The number of para-hydroxylation sites is 1. The molecule has 5 heteroatoms. The lowest BCUT2D eigenvalue weighted by Crippen LogP contribution is -1.99. The third-order valence-corrected chi connectivity index (χ3v) is 3.71. The van der Waals surface area contributed by atoms with Crippen molar-refractivity contribution < 1.29 is 9.13 Å². The Morgan fingerprint density at radius 3 is 2.85 bits per heavy atom. The molecular formula is C15H12BrFN2O. The molecule has 3 nitrogen and oxygen atoms in total. The van der Waals surface area contributed by atoms with Crippen LogP contribution in [-0.2, 0) is 13.7 Å². The monoisotopic (exact) mass is 334 g/mol. The molecule has 0 spiro atoms. The van der Waals surface area contributed by atoms with Crippen LogP contribution in [0.1, 0.15) is 5.69 Å². The van der Waals surface area contributed by atoms with Crippen molar-refractivity contribution in [2.75, 3.05) is 0 Å². The second-order valence-corrected chi connectivity index (χ2v) is 5.31. The number of aryl methyl sites for hydroxylation is 1. The summed E-state index contributed by atoms with van der Waals surface area (Å²) in [4.78, 5) is 0. The van der Waals surface area contributed by atoms with Gasteiger partial charge in [-0.3, -0.25) is 4.68 Å². The van der Waals surface area contributed by atoms with Crippen LogP contribution in [0, 0.1) is 5.82 Å². The number of fused-ring (bicyclic) bond motifs is 1. The molecule has 0 aliphatic carbocycles. The third-order valence-electron chi connectivity index (χ3n) is 3.09. The molecule has 0 saturated carbocycles. The highest BCUT2D eigenvalue weighted by Crippen LogP contribution is 2.27. The predicted octanol–water partition coefficient (Wildman–Crippen LogP) is 4.05.